The first-order chi connectivity index (χ1) is 12.7. The Morgan fingerprint density at radius 2 is 1.96 bits per heavy atom. The van der Waals surface area contributed by atoms with Crippen LogP contribution in [-0.4, -0.2) is 59.4 Å². The highest BCUT2D eigenvalue weighted by Gasteiger charge is 2.21. The number of anilines is 1. The van der Waals surface area contributed by atoms with Crippen molar-refractivity contribution in [2.75, 3.05) is 44.6 Å². The first-order valence-corrected chi connectivity index (χ1v) is 9.52. The van der Waals surface area contributed by atoms with Gasteiger partial charge in [0.2, 0.25) is 5.95 Å². The van der Waals surface area contributed by atoms with E-state index in [1.807, 2.05) is 35.1 Å². The maximum Gasteiger partial charge on any atom is 0.214 e. The lowest BCUT2D eigenvalue weighted by atomic mass is 10.3. The number of benzene rings is 1. The Morgan fingerprint density at radius 3 is 2.62 bits per heavy atom. The van der Waals surface area contributed by atoms with Crippen LogP contribution in [0.1, 0.15) is 0 Å². The van der Waals surface area contributed by atoms with Crippen molar-refractivity contribution in [3.05, 3.63) is 29.8 Å². The van der Waals surface area contributed by atoms with E-state index in [-0.39, 0.29) is 0 Å². The van der Waals surface area contributed by atoms with Gasteiger partial charge >= 0.3 is 0 Å². The molecular formula is C17H20N6O2S. The molecule has 0 radical (unpaired) electrons. The lowest BCUT2D eigenvalue weighted by molar-refractivity contribution is 0.122. The number of hydrogen-bond acceptors (Lipinski definition) is 7. The summed E-state index contributed by atoms with van der Waals surface area (Å²) in [6.45, 7) is 2.76. The minimum Gasteiger partial charge on any atom is -0.497 e. The summed E-state index contributed by atoms with van der Waals surface area (Å²) in [5.74, 6) is 1.49. The van der Waals surface area contributed by atoms with E-state index in [4.69, 9.17) is 19.9 Å². The van der Waals surface area contributed by atoms with E-state index < -0.39 is 0 Å². The number of aromatic amines is 1. The average Bonchev–Trinajstić information content (AvgIpc) is 3.12. The molecule has 26 heavy (non-hydrogen) atoms. The number of nitrogens with one attached hydrogen (secondary N) is 2. The van der Waals surface area contributed by atoms with Crippen molar-refractivity contribution >= 4 is 28.7 Å². The number of fused-ring (bicyclic) bond motifs is 1. The Hall–Kier alpha value is -2.52. The number of morpholine rings is 1. The van der Waals surface area contributed by atoms with Gasteiger partial charge in [0.1, 0.15) is 16.3 Å². The molecule has 0 aliphatic carbocycles. The van der Waals surface area contributed by atoms with E-state index in [2.05, 4.69) is 15.1 Å². The summed E-state index contributed by atoms with van der Waals surface area (Å²) in [6, 6.07) is 7.65. The standard InChI is InChI=1S/C17H20N6O2S/c1-24-12-5-3-11(4-6-12)23-14(18)13-15(20-21-16(13)26-2)19-17(23)22-7-9-25-10-8-22/h3-6,18H,7-10H2,1-2H3,(H,20,21). The lowest BCUT2D eigenvalue weighted by Gasteiger charge is -2.30. The number of thioether (sulfide) groups is 1. The molecule has 2 N–H and O–H groups in total. The molecule has 0 unspecified atom stereocenters. The second kappa shape index (κ2) is 7.00. The molecule has 8 nitrogen and oxygen atoms in total. The van der Waals surface area contributed by atoms with Crippen molar-refractivity contribution in [1.82, 2.24) is 19.7 Å². The Balaban J connectivity index is 1.96. The summed E-state index contributed by atoms with van der Waals surface area (Å²) >= 11 is 1.50. The molecule has 9 heteroatoms. The van der Waals surface area contributed by atoms with Gasteiger partial charge in [-0.05, 0) is 30.5 Å². The fraction of sp³-hybridized carbons (Fsp3) is 0.353. The van der Waals surface area contributed by atoms with E-state index in [1.54, 1.807) is 7.11 Å². The molecule has 2 aromatic heterocycles. The molecular weight excluding hydrogens is 352 g/mol. The van der Waals surface area contributed by atoms with Gasteiger partial charge in [-0.25, -0.2) is 0 Å². The number of nitrogens with zero attached hydrogens (tertiary/aromatic N) is 4. The zero-order valence-electron chi connectivity index (χ0n) is 14.7. The summed E-state index contributed by atoms with van der Waals surface area (Å²) in [4.78, 5) is 6.94. The molecule has 1 aromatic carbocycles. The van der Waals surface area contributed by atoms with Crippen LogP contribution in [0.2, 0.25) is 0 Å². The van der Waals surface area contributed by atoms with Crippen molar-refractivity contribution < 1.29 is 9.47 Å². The Labute approximate surface area is 154 Å². The normalized spacial score (nSPS) is 14.8. The molecule has 0 bridgehead atoms. The maximum absolute atomic E-state index is 8.86. The quantitative estimate of drug-likeness (QED) is 0.679. The predicted molar refractivity (Wildman–Crippen MR) is 100 cm³/mol. The largest absolute Gasteiger partial charge is 0.497 e. The van der Waals surface area contributed by atoms with Crippen LogP contribution in [0.4, 0.5) is 5.95 Å². The second-order valence-electron chi connectivity index (χ2n) is 5.85. The van der Waals surface area contributed by atoms with Crippen LogP contribution >= 0.6 is 11.8 Å². The van der Waals surface area contributed by atoms with Crippen LogP contribution in [0, 0.1) is 5.41 Å². The minimum atomic E-state index is 0.361. The monoisotopic (exact) mass is 372 g/mol. The molecule has 3 aromatic rings. The van der Waals surface area contributed by atoms with E-state index >= 15 is 0 Å². The van der Waals surface area contributed by atoms with Crippen molar-refractivity contribution in [2.24, 2.45) is 0 Å². The molecule has 0 amide bonds. The highest BCUT2D eigenvalue weighted by molar-refractivity contribution is 7.98. The van der Waals surface area contributed by atoms with Crippen molar-refractivity contribution in [3.8, 4) is 11.4 Å². The smallest absolute Gasteiger partial charge is 0.214 e. The first kappa shape index (κ1) is 16.9. The molecule has 0 atom stereocenters. The fourth-order valence-corrected chi connectivity index (χ4v) is 3.61. The van der Waals surface area contributed by atoms with Gasteiger partial charge in [0.25, 0.3) is 0 Å². The zero-order valence-corrected chi connectivity index (χ0v) is 15.5. The molecule has 0 spiro atoms. The van der Waals surface area contributed by atoms with E-state index in [0.29, 0.717) is 30.3 Å². The minimum absolute atomic E-state index is 0.361. The lowest BCUT2D eigenvalue weighted by Crippen LogP contribution is -2.40. The number of methoxy groups -OCH3 is 1. The van der Waals surface area contributed by atoms with Gasteiger partial charge in [0, 0.05) is 13.1 Å². The topological polar surface area (TPSA) is 92.0 Å². The average molecular weight is 372 g/mol. The van der Waals surface area contributed by atoms with E-state index in [0.717, 1.165) is 34.9 Å². The highest BCUT2D eigenvalue weighted by Crippen LogP contribution is 2.25. The zero-order chi connectivity index (χ0) is 18.1. The molecule has 1 aliphatic heterocycles. The molecule has 136 valence electrons. The fourth-order valence-electron chi connectivity index (χ4n) is 3.07. The van der Waals surface area contributed by atoms with Gasteiger partial charge < -0.3 is 14.4 Å². The number of aromatic nitrogens is 4. The van der Waals surface area contributed by atoms with Gasteiger partial charge in [-0.3, -0.25) is 15.1 Å². The van der Waals surface area contributed by atoms with Crippen LogP contribution in [0.25, 0.3) is 16.7 Å². The summed E-state index contributed by atoms with van der Waals surface area (Å²) in [7, 11) is 1.64. The maximum atomic E-state index is 8.86. The summed E-state index contributed by atoms with van der Waals surface area (Å²) in [5, 5.41) is 17.6. The van der Waals surface area contributed by atoms with Crippen LogP contribution in [-0.2, 0) is 4.74 Å². The van der Waals surface area contributed by atoms with Crippen LogP contribution in [0.15, 0.2) is 29.3 Å². The Bertz CT molecular complexity index is 975. The van der Waals surface area contributed by atoms with Crippen molar-refractivity contribution in [3.63, 3.8) is 0 Å². The number of rotatable bonds is 4. The molecule has 3 heterocycles. The summed E-state index contributed by atoms with van der Waals surface area (Å²) in [6.07, 6.45) is 1.95. The van der Waals surface area contributed by atoms with E-state index in [9.17, 15) is 0 Å². The Kier molecular flexibility index (Phi) is 4.56. The third-order valence-electron chi connectivity index (χ3n) is 4.40. The summed E-state index contributed by atoms with van der Waals surface area (Å²) in [5.41, 5.74) is 1.85. The highest BCUT2D eigenvalue weighted by atomic mass is 32.2. The van der Waals surface area contributed by atoms with E-state index in [1.165, 1.54) is 11.8 Å². The van der Waals surface area contributed by atoms with Crippen LogP contribution in [0.5, 0.6) is 5.75 Å². The molecule has 1 aliphatic rings. The summed E-state index contributed by atoms with van der Waals surface area (Å²) < 4.78 is 12.6. The third kappa shape index (κ3) is 2.82. The van der Waals surface area contributed by atoms with Gasteiger partial charge in [-0.1, -0.05) is 0 Å². The number of ether oxygens (including phenoxy) is 2. The second-order valence-corrected chi connectivity index (χ2v) is 6.64. The van der Waals surface area contributed by atoms with Crippen LogP contribution < -0.4 is 15.1 Å². The van der Waals surface area contributed by atoms with Crippen LogP contribution in [0.3, 0.4) is 0 Å². The predicted octanol–water partition coefficient (Wildman–Crippen LogP) is 1.80. The van der Waals surface area contributed by atoms with Gasteiger partial charge in [-0.2, -0.15) is 10.1 Å². The molecule has 1 fully saturated rings. The van der Waals surface area contributed by atoms with Crippen molar-refractivity contribution in [1.29, 1.82) is 5.41 Å². The third-order valence-corrected chi connectivity index (χ3v) is 5.09. The Morgan fingerprint density at radius 1 is 1.23 bits per heavy atom. The van der Waals surface area contributed by atoms with Gasteiger partial charge in [-0.15, -0.1) is 11.8 Å². The number of hydrogen-bond donors (Lipinski definition) is 2. The molecule has 4 rings (SSSR count). The van der Waals surface area contributed by atoms with Gasteiger partial charge in [0.05, 0.1) is 31.4 Å². The number of H-pyrrole nitrogens is 1. The van der Waals surface area contributed by atoms with Crippen molar-refractivity contribution in [2.45, 2.75) is 5.03 Å². The first-order valence-electron chi connectivity index (χ1n) is 8.29. The van der Waals surface area contributed by atoms with Gasteiger partial charge in [0.15, 0.2) is 5.65 Å². The molecule has 1 saturated heterocycles. The SMILES string of the molecule is COc1ccc(-n2c(N3CCOCC3)nc3[nH]nc(SC)c3c2=N)cc1. The molecule has 0 saturated carbocycles.